The number of piperidine rings is 1. The summed E-state index contributed by atoms with van der Waals surface area (Å²) in [7, 11) is 3.85. The number of halogens is 3. The Morgan fingerprint density at radius 1 is 1.07 bits per heavy atom. The van der Waals surface area contributed by atoms with Gasteiger partial charge in [-0.3, -0.25) is 4.68 Å². The number of alkyl halides is 3. The van der Waals surface area contributed by atoms with E-state index in [1.165, 1.54) is 17.8 Å². The lowest BCUT2D eigenvalue weighted by Gasteiger charge is -2.41. The number of hydrogen-bond donors (Lipinski definition) is 0. The molecular weight excluding hydrogens is 391 g/mol. The molecule has 1 aromatic heterocycles. The van der Waals surface area contributed by atoms with Crippen molar-refractivity contribution in [2.45, 2.75) is 31.0 Å². The van der Waals surface area contributed by atoms with Crippen LogP contribution in [0, 0.1) is 0 Å². The predicted octanol–water partition coefficient (Wildman–Crippen LogP) is 4.77. The fourth-order valence-corrected chi connectivity index (χ4v) is 4.40. The van der Waals surface area contributed by atoms with E-state index in [1.54, 1.807) is 11.7 Å². The predicted molar refractivity (Wildman–Crippen MR) is 110 cm³/mol. The molecule has 1 saturated heterocycles. The first-order valence-electron chi connectivity index (χ1n) is 10.1. The Hall–Kier alpha value is -2.38. The zero-order valence-corrected chi connectivity index (χ0v) is 17.2. The van der Waals surface area contributed by atoms with E-state index in [1.807, 2.05) is 18.2 Å². The molecule has 160 valence electrons. The number of rotatable bonds is 5. The third-order valence-corrected chi connectivity index (χ3v) is 6.21. The van der Waals surface area contributed by atoms with Crippen LogP contribution in [0.3, 0.4) is 0 Å². The molecule has 4 nitrogen and oxygen atoms in total. The number of likely N-dealkylation sites (tertiary alicyclic amines) is 1. The Balaban J connectivity index is 1.59. The summed E-state index contributed by atoms with van der Waals surface area (Å²) in [6, 6.07) is 12.6. The van der Waals surface area contributed by atoms with Gasteiger partial charge in [-0.2, -0.15) is 18.3 Å². The molecule has 0 bridgehead atoms. The van der Waals surface area contributed by atoms with E-state index in [-0.39, 0.29) is 12.0 Å². The number of aryl methyl sites for hydroxylation is 1. The minimum atomic E-state index is -4.40. The number of fused-ring (bicyclic) bond motifs is 1. The van der Waals surface area contributed by atoms with Crippen molar-refractivity contribution in [2.24, 2.45) is 7.05 Å². The Morgan fingerprint density at radius 2 is 1.77 bits per heavy atom. The van der Waals surface area contributed by atoms with Crippen molar-refractivity contribution in [3.05, 3.63) is 65.4 Å². The third kappa shape index (κ3) is 4.09. The summed E-state index contributed by atoms with van der Waals surface area (Å²) in [5, 5.41) is 4.61. The van der Waals surface area contributed by atoms with Crippen molar-refractivity contribution in [1.82, 2.24) is 14.7 Å². The lowest BCUT2D eigenvalue weighted by molar-refractivity contribution is -0.137. The largest absolute Gasteiger partial charge is 0.416 e. The Morgan fingerprint density at radius 3 is 2.43 bits per heavy atom. The number of aromatic nitrogens is 2. The molecule has 0 N–H and O–H groups in total. The van der Waals surface area contributed by atoms with Crippen LogP contribution in [-0.4, -0.2) is 41.4 Å². The monoisotopic (exact) mass is 417 g/mol. The highest BCUT2D eigenvalue weighted by atomic mass is 19.4. The maximum absolute atomic E-state index is 13.4. The summed E-state index contributed by atoms with van der Waals surface area (Å²) >= 11 is 0. The summed E-state index contributed by atoms with van der Waals surface area (Å²) in [5.74, 6) is 0. The number of ether oxygens (including phenoxy) is 1. The molecule has 30 heavy (non-hydrogen) atoms. The van der Waals surface area contributed by atoms with Gasteiger partial charge in [0.1, 0.15) is 0 Å². The molecule has 1 fully saturated rings. The Labute approximate surface area is 174 Å². The van der Waals surface area contributed by atoms with Crippen LogP contribution >= 0.6 is 0 Å². The van der Waals surface area contributed by atoms with Crippen molar-refractivity contribution in [3.8, 4) is 0 Å². The Kier molecular flexibility index (Phi) is 5.59. The lowest BCUT2D eigenvalue weighted by Crippen LogP contribution is -2.43. The zero-order valence-electron chi connectivity index (χ0n) is 17.2. The van der Waals surface area contributed by atoms with Gasteiger partial charge in [-0.05, 0) is 50.7 Å². The van der Waals surface area contributed by atoms with Gasteiger partial charge in [-0.25, -0.2) is 0 Å². The van der Waals surface area contributed by atoms with E-state index in [0.29, 0.717) is 23.1 Å². The molecule has 7 heteroatoms. The van der Waals surface area contributed by atoms with Crippen molar-refractivity contribution in [2.75, 3.05) is 26.7 Å². The van der Waals surface area contributed by atoms with Crippen LogP contribution in [0.5, 0.6) is 0 Å². The summed E-state index contributed by atoms with van der Waals surface area (Å²) in [4.78, 5) is 2.30. The molecule has 0 spiro atoms. The molecule has 4 rings (SSSR count). The van der Waals surface area contributed by atoms with Gasteiger partial charge in [-0.15, -0.1) is 0 Å². The molecule has 0 saturated carbocycles. The van der Waals surface area contributed by atoms with E-state index >= 15 is 0 Å². The molecule has 0 unspecified atom stereocenters. The highest BCUT2D eigenvalue weighted by Crippen LogP contribution is 2.37. The molecule has 0 radical (unpaired) electrons. The van der Waals surface area contributed by atoms with Crippen LogP contribution in [-0.2, 0) is 30.0 Å². The van der Waals surface area contributed by atoms with Crippen molar-refractivity contribution in [1.29, 1.82) is 0 Å². The van der Waals surface area contributed by atoms with Crippen LogP contribution in [0.1, 0.15) is 29.5 Å². The molecule has 0 aliphatic carbocycles. The maximum Gasteiger partial charge on any atom is 0.416 e. The minimum Gasteiger partial charge on any atom is -0.376 e. The number of benzene rings is 2. The van der Waals surface area contributed by atoms with Crippen LogP contribution in [0.4, 0.5) is 13.2 Å². The smallest absolute Gasteiger partial charge is 0.376 e. The third-order valence-electron chi connectivity index (χ3n) is 6.21. The van der Waals surface area contributed by atoms with Gasteiger partial charge in [0, 0.05) is 23.4 Å². The van der Waals surface area contributed by atoms with Gasteiger partial charge in [0.15, 0.2) is 0 Å². The van der Waals surface area contributed by atoms with Crippen LogP contribution < -0.4 is 0 Å². The summed E-state index contributed by atoms with van der Waals surface area (Å²) in [6.07, 6.45) is -1.02. The fourth-order valence-electron chi connectivity index (χ4n) is 4.40. The summed E-state index contributed by atoms with van der Waals surface area (Å²) in [6.45, 7) is 2.52. The van der Waals surface area contributed by atoms with Gasteiger partial charge < -0.3 is 9.64 Å². The van der Waals surface area contributed by atoms with Crippen molar-refractivity contribution < 1.29 is 17.9 Å². The molecular formula is C23H26F3N3O. The first-order chi connectivity index (χ1) is 14.3. The molecule has 3 aromatic rings. The SMILES string of the molecule is CN1CCC(COCc2cc(C(F)(F)F)cc3cnn(C)c23)(c2ccccc2)CC1. The second-order valence-electron chi connectivity index (χ2n) is 8.28. The van der Waals surface area contributed by atoms with E-state index in [2.05, 4.69) is 29.2 Å². The highest BCUT2D eigenvalue weighted by molar-refractivity contribution is 5.83. The number of nitrogens with zero attached hydrogens (tertiary/aromatic N) is 3. The van der Waals surface area contributed by atoms with Crippen LogP contribution in [0.15, 0.2) is 48.7 Å². The molecule has 2 heterocycles. The number of hydrogen-bond acceptors (Lipinski definition) is 3. The summed E-state index contributed by atoms with van der Waals surface area (Å²) in [5.41, 5.74) is 1.63. The highest BCUT2D eigenvalue weighted by Gasteiger charge is 2.36. The van der Waals surface area contributed by atoms with Crippen molar-refractivity contribution >= 4 is 10.9 Å². The fraction of sp³-hybridized carbons (Fsp3) is 0.435. The minimum absolute atomic E-state index is 0.115. The second kappa shape index (κ2) is 8.04. The van der Waals surface area contributed by atoms with Crippen molar-refractivity contribution in [3.63, 3.8) is 0 Å². The topological polar surface area (TPSA) is 30.3 Å². The molecule has 0 amide bonds. The average Bonchev–Trinajstić information content (AvgIpc) is 3.11. The van der Waals surface area contributed by atoms with E-state index in [4.69, 9.17) is 4.74 Å². The first-order valence-corrected chi connectivity index (χ1v) is 10.1. The van der Waals surface area contributed by atoms with Gasteiger partial charge >= 0.3 is 6.18 Å². The van der Waals surface area contributed by atoms with Crippen LogP contribution in [0.2, 0.25) is 0 Å². The zero-order chi connectivity index (χ0) is 21.4. The second-order valence-corrected chi connectivity index (χ2v) is 8.28. The van der Waals surface area contributed by atoms with Gasteiger partial charge in [-0.1, -0.05) is 30.3 Å². The van der Waals surface area contributed by atoms with E-state index < -0.39 is 11.7 Å². The normalized spacial score (nSPS) is 17.5. The Bertz CT molecular complexity index is 1010. The van der Waals surface area contributed by atoms with E-state index in [9.17, 15) is 13.2 Å². The molecule has 1 aliphatic heterocycles. The molecule has 0 atom stereocenters. The maximum atomic E-state index is 13.4. The molecule has 2 aromatic carbocycles. The van der Waals surface area contributed by atoms with Gasteiger partial charge in [0.2, 0.25) is 0 Å². The molecule has 1 aliphatic rings. The van der Waals surface area contributed by atoms with Crippen LogP contribution in [0.25, 0.3) is 10.9 Å². The lowest BCUT2D eigenvalue weighted by atomic mass is 9.73. The van der Waals surface area contributed by atoms with Gasteiger partial charge in [0.05, 0.1) is 30.5 Å². The standard InChI is InChI=1S/C23H26F3N3O/c1-28-10-8-22(9-11-28,19-6-4-3-5-7-19)16-30-15-18-13-20(23(24,25)26)12-17-14-27-29(2)21(17)18/h3-7,12-14H,8-11,15-16H2,1-2H3. The quantitative estimate of drug-likeness (QED) is 0.599. The summed E-state index contributed by atoms with van der Waals surface area (Å²) < 4.78 is 47.8. The van der Waals surface area contributed by atoms with E-state index in [0.717, 1.165) is 32.0 Å². The first kappa shape index (κ1) is 20.9. The van der Waals surface area contributed by atoms with Gasteiger partial charge in [0.25, 0.3) is 0 Å². The average molecular weight is 417 g/mol.